The number of hydrogen-bond acceptors (Lipinski definition) is 9. The number of carbonyl (C=O) groups excluding carboxylic acids is 2. The van der Waals surface area contributed by atoms with Gasteiger partial charge in [0.2, 0.25) is 0 Å². The molecule has 174 valence electrons. The third-order valence-electron chi connectivity index (χ3n) is 4.84. The standard InChI is InChI=1S/C19H20N5O8P/c1-11(25)31-13-7-15(32-14(13)8-30-33(27,28)29)24-10-22-16-17(20-9-21-18(16)24)23-19(26)12-5-3-2-4-6-12/h2-6,9-10,13-15H,7-8H2,1H3,(H2,27,28,29)(H,20,21,23,26). The Bertz CT molecular complexity index is 1210. The van der Waals surface area contributed by atoms with Crippen molar-refractivity contribution in [3.8, 4) is 0 Å². The van der Waals surface area contributed by atoms with Gasteiger partial charge in [0.25, 0.3) is 5.91 Å². The van der Waals surface area contributed by atoms with Gasteiger partial charge in [0, 0.05) is 18.9 Å². The molecule has 2 aromatic heterocycles. The molecule has 0 saturated carbocycles. The van der Waals surface area contributed by atoms with Gasteiger partial charge < -0.3 is 24.6 Å². The Hall–Kier alpha value is -3.22. The van der Waals surface area contributed by atoms with Crippen molar-refractivity contribution in [2.75, 3.05) is 11.9 Å². The van der Waals surface area contributed by atoms with Gasteiger partial charge >= 0.3 is 13.8 Å². The molecule has 0 bridgehead atoms. The van der Waals surface area contributed by atoms with E-state index in [0.29, 0.717) is 16.7 Å². The summed E-state index contributed by atoms with van der Waals surface area (Å²) >= 11 is 0. The molecule has 13 nitrogen and oxygen atoms in total. The molecule has 1 saturated heterocycles. The van der Waals surface area contributed by atoms with E-state index in [-0.39, 0.29) is 18.1 Å². The number of phosphoric ester groups is 1. The first-order valence-corrected chi connectivity index (χ1v) is 11.3. The summed E-state index contributed by atoms with van der Waals surface area (Å²) in [5, 5.41) is 2.70. The van der Waals surface area contributed by atoms with Crippen molar-refractivity contribution in [2.24, 2.45) is 0 Å². The summed E-state index contributed by atoms with van der Waals surface area (Å²) in [4.78, 5) is 54.5. The zero-order valence-electron chi connectivity index (χ0n) is 17.3. The fourth-order valence-corrected chi connectivity index (χ4v) is 3.79. The Labute approximate surface area is 187 Å². The number of nitrogens with zero attached hydrogens (tertiary/aromatic N) is 4. The van der Waals surface area contributed by atoms with E-state index in [4.69, 9.17) is 19.3 Å². The Kier molecular flexibility index (Phi) is 6.49. The van der Waals surface area contributed by atoms with E-state index in [2.05, 4.69) is 24.8 Å². The molecule has 3 N–H and O–H groups in total. The minimum atomic E-state index is -4.74. The van der Waals surface area contributed by atoms with Gasteiger partial charge in [-0.15, -0.1) is 0 Å². The number of aromatic nitrogens is 4. The van der Waals surface area contributed by atoms with Gasteiger partial charge in [0.15, 0.2) is 17.0 Å². The van der Waals surface area contributed by atoms with Gasteiger partial charge in [-0.2, -0.15) is 0 Å². The van der Waals surface area contributed by atoms with Gasteiger partial charge in [0.1, 0.15) is 24.8 Å². The predicted octanol–water partition coefficient (Wildman–Crippen LogP) is 1.41. The molecule has 4 rings (SSSR count). The number of fused-ring (bicyclic) bond motifs is 1. The van der Waals surface area contributed by atoms with Gasteiger partial charge in [0.05, 0.1) is 12.9 Å². The minimum Gasteiger partial charge on any atom is -0.460 e. The fourth-order valence-electron chi connectivity index (χ4n) is 3.45. The van der Waals surface area contributed by atoms with E-state index in [9.17, 15) is 14.2 Å². The van der Waals surface area contributed by atoms with Crippen LogP contribution in [0.4, 0.5) is 5.82 Å². The lowest BCUT2D eigenvalue weighted by molar-refractivity contribution is -0.150. The van der Waals surface area contributed by atoms with Gasteiger partial charge in [-0.3, -0.25) is 18.7 Å². The average molecular weight is 477 g/mol. The second kappa shape index (κ2) is 9.33. The summed E-state index contributed by atoms with van der Waals surface area (Å²) in [6, 6.07) is 8.59. The van der Waals surface area contributed by atoms with E-state index in [1.807, 2.05) is 0 Å². The molecular weight excluding hydrogens is 457 g/mol. The average Bonchev–Trinajstić information content (AvgIpc) is 3.36. The maximum atomic E-state index is 12.5. The lowest BCUT2D eigenvalue weighted by atomic mass is 10.2. The smallest absolute Gasteiger partial charge is 0.460 e. The summed E-state index contributed by atoms with van der Waals surface area (Å²) in [5.41, 5.74) is 1.10. The number of amides is 1. The number of nitrogens with one attached hydrogen (secondary N) is 1. The third-order valence-corrected chi connectivity index (χ3v) is 5.33. The maximum Gasteiger partial charge on any atom is 0.469 e. The monoisotopic (exact) mass is 477 g/mol. The Morgan fingerprint density at radius 2 is 2.00 bits per heavy atom. The first-order chi connectivity index (χ1) is 15.7. The van der Waals surface area contributed by atoms with Crippen LogP contribution in [0, 0.1) is 0 Å². The lowest BCUT2D eigenvalue weighted by Crippen LogP contribution is -2.30. The minimum absolute atomic E-state index is 0.163. The first-order valence-electron chi connectivity index (χ1n) is 9.78. The number of esters is 1. The summed E-state index contributed by atoms with van der Waals surface area (Å²) in [6.45, 7) is 0.731. The number of benzene rings is 1. The summed E-state index contributed by atoms with van der Waals surface area (Å²) in [5.74, 6) is -0.746. The molecular formula is C19H20N5O8P. The van der Waals surface area contributed by atoms with Gasteiger partial charge in [-0.25, -0.2) is 19.5 Å². The molecule has 3 atom stereocenters. The SMILES string of the molecule is CC(=O)OC1CC(n2cnc3c(NC(=O)c4ccccc4)ncnc32)OC1COP(=O)(O)O. The van der Waals surface area contributed by atoms with Crippen molar-refractivity contribution in [3.63, 3.8) is 0 Å². The first kappa shape index (κ1) is 23.0. The normalized spacial score (nSPS) is 20.6. The van der Waals surface area contributed by atoms with Crippen LogP contribution >= 0.6 is 7.82 Å². The van der Waals surface area contributed by atoms with Crippen molar-refractivity contribution in [1.82, 2.24) is 19.5 Å². The van der Waals surface area contributed by atoms with E-state index in [1.54, 1.807) is 34.9 Å². The topological polar surface area (TPSA) is 175 Å². The van der Waals surface area contributed by atoms with Crippen LogP contribution in [-0.4, -0.2) is 60.0 Å². The molecule has 3 aromatic rings. The molecule has 0 spiro atoms. The molecule has 0 aliphatic carbocycles. The number of imidazole rings is 1. The molecule has 3 unspecified atom stereocenters. The molecule has 1 aliphatic rings. The van der Waals surface area contributed by atoms with Crippen molar-refractivity contribution in [1.29, 1.82) is 0 Å². The summed E-state index contributed by atoms with van der Waals surface area (Å²) in [7, 11) is -4.74. The molecule has 0 radical (unpaired) electrons. The quantitative estimate of drug-likeness (QED) is 0.331. The van der Waals surface area contributed by atoms with Crippen LogP contribution in [-0.2, 0) is 23.4 Å². The molecule has 1 amide bonds. The van der Waals surface area contributed by atoms with Gasteiger partial charge in [-0.1, -0.05) is 18.2 Å². The van der Waals surface area contributed by atoms with E-state index in [0.717, 1.165) is 0 Å². The highest BCUT2D eigenvalue weighted by Crippen LogP contribution is 2.39. The van der Waals surface area contributed by atoms with Crippen LogP contribution in [0.2, 0.25) is 0 Å². The number of hydrogen-bond donors (Lipinski definition) is 3. The highest BCUT2D eigenvalue weighted by molar-refractivity contribution is 7.46. The fraction of sp³-hybridized carbons (Fsp3) is 0.316. The van der Waals surface area contributed by atoms with Crippen LogP contribution in [0.25, 0.3) is 11.2 Å². The zero-order chi connectivity index (χ0) is 23.6. The van der Waals surface area contributed by atoms with Crippen LogP contribution < -0.4 is 5.32 Å². The van der Waals surface area contributed by atoms with Crippen molar-refractivity contribution < 1.29 is 37.9 Å². The van der Waals surface area contributed by atoms with E-state index < -0.39 is 38.8 Å². The van der Waals surface area contributed by atoms with Crippen LogP contribution in [0.3, 0.4) is 0 Å². The molecule has 1 aliphatic heterocycles. The number of ether oxygens (including phenoxy) is 2. The lowest BCUT2D eigenvalue weighted by Gasteiger charge is -2.18. The summed E-state index contributed by atoms with van der Waals surface area (Å²) < 4.78 is 28.2. The van der Waals surface area contributed by atoms with Crippen molar-refractivity contribution >= 4 is 36.7 Å². The predicted molar refractivity (Wildman–Crippen MR) is 112 cm³/mol. The van der Waals surface area contributed by atoms with Crippen LogP contribution in [0.15, 0.2) is 43.0 Å². The number of carbonyl (C=O) groups is 2. The highest BCUT2D eigenvalue weighted by atomic mass is 31.2. The Balaban J connectivity index is 1.57. The molecule has 14 heteroatoms. The molecule has 1 fully saturated rings. The van der Waals surface area contributed by atoms with Crippen molar-refractivity contribution in [3.05, 3.63) is 48.5 Å². The maximum absolute atomic E-state index is 12.5. The third kappa shape index (κ3) is 5.41. The number of anilines is 1. The Morgan fingerprint density at radius 3 is 2.70 bits per heavy atom. The van der Waals surface area contributed by atoms with Crippen molar-refractivity contribution in [2.45, 2.75) is 31.8 Å². The van der Waals surface area contributed by atoms with Crippen LogP contribution in [0.5, 0.6) is 0 Å². The highest BCUT2D eigenvalue weighted by Gasteiger charge is 2.40. The van der Waals surface area contributed by atoms with Gasteiger partial charge in [-0.05, 0) is 12.1 Å². The van der Waals surface area contributed by atoms with E-state index in [1.165, 1.54) is 19.6 Å². The van der Waals surface area contributed by atoms with Crippen LogP contribution in [0.1, 0.15) is 29.9 Å². The molecule has 33 heavy (non-hydrogen) atoms. The summed E-state index contributed by atoms with van der Waals surface area (Å²) in [6.07, 6.45) is 0.388. The zero-order valence-corrected chi connectivity index (χ0v) is 18.2. The van der Waals surface area contributed by atoms with E-state index >= 15 is 0 Å². The second-order valence-corrected chi connectivity index (χ2v) is 8.40. The Morgan fingerprint density at radius 1 is 1.24 bits per heavy atom. The molecule has 3 heterocycles. The second-order valence-electron chi connectivity index (χ2n) is 7.17. The number of rotatable bonds is 7. The largest absolute Gasteiger partial charge is 0.469 e. The number of phosphoric acid groups is 1. The molecule has 1 aromatic carbocycles.